The molecule has 0 unspecified atom stereocenters. The van der Waals surface area contributed by atoms with Gasteiger partial charge in [-0.2, -0.15) is 0 Å². The van der Waals surface area contributed by atoms with Crippen molar-refractivity contribution in [1.82, 2.24) is 9.88 Å². The molecular formula is C12H18N2O3S. The summed E-state index contributed by atoms with van der Waals surface area (Å²) in [6, 6.07) is 0. The first-order valence-electron chi connectivity index (χ1n) is 5.91. The van der Waals surface area contributed by atoms with E-state index in [-0.39, 0.29) is 12.0 Å². The summed E-state index contributed by atoms with van der Waals surface area (Å²) in [4.78, 5) is 17.6. The molecule has 1 aromatic heterocycles. The highest BCUT2D eigenvalue weighted by Crippen LogP contribution is 2.28. The van der Waals surface area contributed by atoms with Crippen molar-refractivity contribution in [3.8, 4) is 0 Å². The Morgan fingerprint density at radius 3 is 2.83 bits per heavy atom. The average molecular weight is 270 g/mol. The lowest BCUT2D eigenvalue weighted by Crippen LogP contribution is -2.35. The van der Waals surface area contributed by atoms with Crippen LogP contribution in [0.25, 0.3) is 0 Å². The average Bonchev–Trinajstić information content (AvgIpc) is 2.82. The first-order valence-corrected chi connectivity index (χ1v) is 6.85. The summed E-state index contributed by atoms with van der Waals surface area (Å²) >= 11 is 1.49. The maximum atomic E-state index is 11.9. The summed E-state index contributed by atoms with van der Waals surface area (Å²) in [5.74, 6) is -0.108. The summed E-state index contributed by atoms with van der Waals surface area (Å²) in [6.07, 6.45) is -0.945. The standard InChI is InChI=1S/C12H18N2O3S/c1-12(2,3)17-11(16)14-4-8(10(15)5-14)9-6-18-7-13-9/h6-8,10,15H,4-5H2,1-3H3/t8-,10+/m0/s1. The summed E-state index contributed by atoms with van der Waals surface area (Å²) < 4.78 is 5.29. The second-order valence-electron chi connectivity index (χ2n) is 5.47. The van der Waals surface area contributed by atoms with E-state index in [2.05, 4.69) is 4.98 Å². The van der Waals surface area contributed by atoms with E-state index in [1.807, 2.05) is 26.2 Å². The molecule has 1 fully saturated rings. The van der Waals surface area contributed by atoms with Crippen LogP contribution in [0, 0.1) is 0 Å². The van der Waals surface area contributed by atoms with Crippen LogP contribution in [-0.4, -0.2) is 45.9 Å². The first kappa shape index (κ1) is 13.3. The maximum absolute atomic E-state index is 11.9. The molecule has 1 amide bonds. The number of thiazole rings is 1. The lowest BCUT2D eigenvalue weighted by molar-refractivity contribution is 0.0270. The fourth-order valence-electron chi connectivity index (χ4n) is 1.96. The smallest absolute Gasteiger partial charge is 0.410 e. The lowest BCUT2D eigenvalue weighted by atomic mass is 10.0. The Morgan fingerprint density at radius 1 is 1.56 bits per heavy atom. The van der Waals surface area contributed by atoms with Gasteiger partial charge in [0, 0.05) is 17.8 Å². The van der Waals surface area contributed by atoms with Crippen molar-refractivity contribution < 1.29 is 14.6 Å². The van der Waals surface area contributed by atoms with Crippen LogP contribution in [-0.2, 0) is 4.74 Å². The van der Waals surface area contributed by atoms with Crippen LogP contribution in [0.2, 0.25) is 0 Å². The summed E-state index contributed by atoms with van der Waals surface area (Å²) in [6.45, 7) is 6.25. The Bertz CT molecular complexity index is 413. The van der Waals surface area contributed by atoms with Gasteiger partial charge in [0.15, 0.2) is 0 Å². The molecule has 0 aliphatic carbocycles. The number of β-amino-alcohol motifs (C(OH)–C–C–N with tert-alkyl or cyclic N) is 1. The minimum atomic E-state index is -0.570. The zero-order valence-corrected chi connectivity index (χ0v) is 11.6. The zero-order valence-electron chi connectivity index (χ0n) is 10.8. The number of hydrogen-bond acceptors (Lipinski definition) is 5. The Balaban J connectivity index is 2.00. The van der Waals surface area contributed by atoms with E-state index in [4.69, 9.17) is 4.74 Å². The van der Waals surface area contributed by atoms with Crippen LogP contribution in [0.4, 0.5) is 4.79 Å². The van der Waals surface area contributed by atoms with Gasteiger partial charge in [-0.15, -0.1) is 11.3 Å². The van der Waals surface area contributed by atoms with E-state index >= 15 is 0 Å². The van der Waals surface area contributed by atoms with Crippen LogP contribution in [0.15, 0.2) is 10.9 Å². The molecule has 2 atom stereocenters. The number of rotatable bonds is 1. The molecule has 0 radical (unpaired) electrons. The molecule has 6 heteroatoms. The molecule has 0 saturated carbocycles. The van der Waals surface area contributed by atoms with Gasteiger partial charge in [-0.3, -0.25) is 0 Å². The molecule has 0 aromatic carbocycles. The quantitative estimate of drug-likeness (QED) is 0.845. The van der Waals surface area contributed by atoms with Gasteiger partial charge in [0.05, 0.1) is 23.9 Å². The molecule has 1 aliphatic rings. The molecule has 100 valence electrons. The van der Waals surface area contributed by atoms with Gasteiger partial charge in [0.1, 0.15) is 5.60 Å². The second kappa shape index (κ2) is 4.85. The van der Waals surface area contributed by atoms with Crippen LogP contribution in [0.5, 0.6) is 0 Å². The summed E-state index contributed by atoms with van der Waals surface area (Å²) in [5.41, 5.74) is 2.07. The third-order valence-corrected chi connectivity index (χ3v) is 3.38. The first-order chi connectivity index (χ1) is 8.37. The van der Waals surface area contributed by atoms with Crippen LogP contribution < -0.4 is 0 Å². The predicted molar refractivity (Wildman–Crippen MR) is 68.7 cm³/mol. The van der Waals surface area contributed by atoms with Crippen molar-refractivity contribution in [2.75, 3.05) is 13.1 Å². The number of hydrogen-bond donors (Lipinski definition) is 1. The minimum absolute atomic E-state index is 0.108. The van der Waals surface area contributed by atoms with E-state index in [0.29, 0.717) is 13.1 Å². The van der Waals surface area contributed by atoms with Crippen molar-refractivity contribution in [3.05, 3.63) is 16.6 Å². The highest BCUT2D eigenvalue weighted by atomic mass is 32.1. The highest BCUT2D eigenvalue weighted by molar-refractivity contribution is 7.07. The van der Waals surface area contributed by atoms with Gasteiger partial charge < -0.3 is 14.7 Å². The number of carbonyl (C=O) groups excluding carboxylic acids is 1. The second-order valence-corrected chi connectivity index (χ2v) is 6.19. The van der Waals surface area contributed by atoms with E-state index in [9.17, 15) is 9.90 Å². The SMILES string of the molecule is CC(C)(C)OC(=O)N1C[C@@H](O)[C@H](c2cscn2)C1. The zero-order chi connectivity index (χ0) is 13.3. The fourth-order valence-corrected chi connectivity index (χ4v) is 2.58. The van der Waals surface area contributed by atoms with E-state index in [0.717, 1.165) is 5.69 Å². The largest absolute Gasteiger partial charge is 0.444 e. The fraction of sp³-hybridized carbons (Fsp3) is 0.667. The number of likely N-dealkylation sites (tertiary alicyclic amines) is 1. The van der Waals surface area contributed by atoms with Crippen LogP contribution in [0.3, 0.4) is 0 Å². The van der Waals surface area contributed by atoms with Gasteiger partial charge in [-0.1, -0.05) is 0 Å². The summed E-state index contributed by atoms with van der Waals surface area (Å²) in [7, 11) is 0. The number of carbonyl (C=O) groups is 1. The molecule has 1 N–H and O–H groups in total. The summed E-state index contributed by atoms with van der Waals surface area (Å²) in [5, 5.41) is 11.9. The normalized spacial score (nSPS) is 24.3. The Kier molecular flexibility index (Phi) is 3.59. The van der Waals surface area contributed by atoms with E-state index in [1.54, 1.807) is 10.4 Å². The van der Waals surface area contributed by atoms with Gasteiger partial charge in [0.25, 0.3) is 0 Å². The third-order valence-electron chi connectivity index (χ3n) is 2.77. The highest BCUT2D eigenvalue weighted by Gasteiger charge is 2.37. The van der Waals surface area contributed by atoms with E-state index in [1.165, 1.54) is 11.3 Å². The van der Waals surface area contributed by atoms with Crippen molar-refractivity contribution in [2.45, 2.75) is 38.4 Å². The number of ether oxygens (including phenoxy) is 1. The number of amides is 1. The molecule has 18 heavy (non-hydrogen) atoms. The van der Waals surface area contributed by atoms with Crippen molar-refractivity contribution >= 4 is 17.4 Å². The molecule has 5 nitrogen and oxygen atoms in total. The van der Waals surface area contributed by atoms with Crippen LogP contribution >= 0.6 is 11.3 Å². The number of aliphatic hydroxyl groups excluding tert-OH is 1. The van der Waals surface area contributed by atoms with Crippen molar-refractivity contribution in [2.24, 2.45) is 0 Å². The Hall–Kier alpha value is -1.14. The van der Waals surface area contributed by atoms with Crippen molar-refractivity contribution in [3.63, 3.8) is 0 Å². The van der Waals surface area contributed by atoms with Crippen molar-refractivity contribution in [1.29, 1.82) is 0 Å². The van der Waals surface area contributed by atoms with Gasteiger partial charge in [-0.05, 0) is 20.8 Å². The molecule has 2 heterocycles. The molecular weight excluding hydrogens is 252 g/mol. The third kappa shape index (κ3) is 3.00. The molecule has 0 bridgehead atoms. The Morgan fingerprint density at radius 2 is 2.28 bits per heavy atom. The topological polar surface area (TPSA) is 62.7 Å². The lowest BCUT2D eigenvalue weighted by Gasteiger charge is -2.24. The number of aromatic nitrogens is 1. The predicted octanol–water partition coefficient (Wildman–Crippen LogP) is 1.84. The Labute approximate surface area is 110 Å². The van der Waals surface area contributed by atoms with Crippen LogP contribution in [0.1, 0.15) is 32.4 Å². The number of aliphatic hydroxyl groups is 1. The molecule has 1 saturated heterocycles. The van der Waals surface area contributed by atoms with Gasteiger partial charge in [0.2, 0.25) is 0 Å². The number of nitrogens with zero attached hydrogens (tertiary/aromatic N) is 2. The molecule has 1 aromatic rings. The molecule has 0 spiro atoms. The molecule has 2 rings (SSSR count). The van der Waals surface area contributed by atoms with Gasteiger partial charge in [-0.25, -0.2) is 9.78 Å². The monoisotopic (exact) mass is 270 g/mol. The van der Waals surface area contributed by atoms with Gasteiger partial charge >= 0.3 is 6.09 Å². The van der Waals surface area contributed by atoms with E-state index < -0.39 is 11.7 Å². The molecule has 1 aliphatic heterocycles. The minimum Gasteiger partial charge on any atom is -0.444 e. The maximum Gasteiger partial charge on any atom is 0.410 e.